The van der Waals surface area contributed by atoms with E-state index in [4.69, 9.17) is 0 Å². The lowest BCUT2D eigenvalue weighted by Crippen LogP contribution is -2.36. The highest BCUT2D eigenvalue weighted by Gasteiger charge is 2.14. The second-order valence-corrected chi connectivity index (χ2v) is 6.19. The van der Waals surface area contributed by atoms with Gasteiger partial charge in [0, 0.05) is 37.7 Å². The van der Waals surface area contributed by atoms with Crippen LogP contribution < -0.4 is 15.5 Å². The fraction of sp³-hybridized carbons (Fsp3) is 0.368. The Morgan fingerprint density at radius 1 is 1.21 bits per heavy atom. The number of hydrogen-bond donors (Lipinski definition) is 2. The highest BCUT2D eigenvalue weighted by atomic mass is 16.2. The molecule has 0 spiro atoms. The molecule has 2 amide bonds. The van der Waals surface area contributed by atoms with Crippen LogP contribution in [0.15, 0.2) is 48.8 Å². The van der Waals surface area contributed by atoms with Crippen molar-refractivity contribution in [3.63, 3.8) is 0 Å². The molecule has 5 heteroatoms. The minimum Gasteiger partial charge on any atom is -0.372 e. The molecule has 2 heterocycles. The maximum Gasteiger partial charge on any atom is 0.315 e. The Bertz CT molecular complexity index is 668. The summed E-state index contributed by atoms with van der Waals surface area (Å²) in [4.78, 5) is 18.5. The summed E-state index contributed by atoms with van der Waals surface area (Å²) in [5.74, 6) is 0. The number of pyridine rings is 1. The maximum absolute atomic E-state index is 12.1. The molecule has 1 unspecified atom stereocenters. The van der Waals surface area contributed by atoms with Crippen LogP contribution in [-0.2, 0) is 6.54 Å². The van der Waals surface area contributed by atoms with Crippen molar-refractivity contribution in [3.8, 4) is 0 Å². The van der Waals surface area contributed by atoms with Gasteiger partial charge >= 0.3 is 6.03 Å². The Kier molecular flexibility index (Phi) is 5.31. The molecule has 0 bridgehead atoms. The molecule has 1 atom stereocenters. The molecule has 3 rings (SSSR count). The monoisotopic (exact) mass is 324 g/mol. The van der Waals surface area contributed by atoms with E-state index in [1.54, 1.807) is 12.4 Å². The average molecular weight is 324 g/mol. The van der Waals surface area contributed by atoms with Crippen molar-refractivity contribution in [2.24, 2.45) is 0 Å². The van der Waals surface area contributed by atoms with Crippen LogP contribution in [0.3, 0.4) is 0 Å². The predicted molar refractivity (Wildman–Crippen MR) is 95.9 cm³/mol. The van der Waals surface area contributed by atoms with Crippen LogP contribution in [-0.4, -0.2) is 24.1 Å². The van der Waals surface area contributed by atoms with Gasteiger partial charge < -0.3 is 15.5 Å². The molecule has 1 aromatic heterocycles. The first-order chi connectivity index (χ1) is 11.7. The Labute approximate surface area is 143 Å². The second-order valence-electron chi connectivity index (χ2n) is 6.19. The number of benzene rings is 1. The highest BCUT2D eigenvalue weighted by Crippen LogP contribution is 2.23. The lowest BCUT2D eigenvalue weighted by atomic mass is 10.1. The smallest absolute Gasteiger partial charge is 0.315 e. The van der Waals surface area contributed by atoms with E-state index < -0.39 is 0 Å². The number of nitrogens with zero attached hydrogens (tertiary/aromatic N) is 2. The molecule has 1 aliphatic heterocycles. The third kappa shape index (κ3) is 4.25. The van der Waals surface area contributed by atoms with Gasteiger partial charge in [-0.1, -0.05) is 12.1 Å². The molecule has 0 saturated carbocycles. The third-order valence-electron chi connectivity index (χ3n) is 4.39. The average Bonchev–Trinajstić information content (AvgIpc) is 3.16. The fourth-order valence-corrected chi connectivity index (χ4v) is 2.98. The van der Waals surface area contributed by atoms with Gasteiger partial charge in [0.2, 0.25) is 0 Å². The Hall–Kier alpha value is -2.56. The predicted octanol–water partition coefficient (Wildman–Crippen LogP) is 3.24. The molecule has 2 N–H and O–H groups in total. The minimum atomic E-state index is -0.161. The number of carbonyl (C=O) groups excluding carboxylic acids is 1. The summed E-state index contributed by atoms with van der Waals surface area (Å²) in [5.41, 5.74) is 3.40. The second kappa shape index (κ2) is 7.81. The Morgan fingerprint density at radius 2 is 1.96 bits per heavy atom. The van der Waals surface area contributed by atoms with Crippen molar-refractivity contribution < 1.29 is 4.79 Å². The zero-order valence-corrected chi connectivity index (χ0v) is 14.0. The first kappa shape index (κ1) is 16.3. The number of aromatic nitrogens is 1. The van der Waals surface area contributed by atoms with E-state index >= 15 is 0 Å². The molecule has 1 aromatic carbocycles. The van der Waals surface area contributed by atoms with Crippen molar-refractivity contribution in [2.75, 3.05) is 18.0 Å². The molecule has 126 valence electrons. The number of urea groups is 1. The summed E-state index contributed by atoms with van der Waals surface area (Å²) >= 11 is 0. The molecule has 1 saturated heterocycles. The molecule has 0 aliphatic carbocycles. The van der Waals surface area contributed by atoms with E-state index in [-0.39, 0.29) is 12.1 Å². The van der Waals surface area contributed by atoms with Crippen molar-refractivity contribution in [2.45, 2.75) is 32.4 Å². The lowest BCUT2D eigenvalue weighted by Gasteiger charge is -2.21. The number of carbonyl (C=O) groups is 1. The largest absolute Gasteiger partial charge is 0.372 e. The molecule has 1 aliphatic rings. The summed E-state index contributed by atoms with van der Waals surface area (Å²) in [6.07, 6.45) is 5.97. The number of nitrogens with one attached hydrogen (secondary N) is 2. The van der Waals surface area contributed by atoms with Gasteiger partial charge in [-0.2, -0.15) is 0 Å². The van der Waals surface area contributed by atoms with Gasteiger partial charge in [0.25, 0.3) is 0 Å². The summed E-state index contributed by atoms with van der Waals surface area (Å²) < 4.78 is 0. The quantitative estimate of drug-likeness (QED) is 0.888. The van der Waals surface area contributed by atoms with Crippen LogP contribution in [0.2, 0.25) is 0 Å². The first-order valence-electron chi connectivity index (χ1n) is 8.50. The van der Waals surface area contributed by atoms with Crippen LogP contribution in [0, 0.1) is 0 Å². The standard InChI is InChI=1S/C19H24N4O/c1-15(22-19(24)21-14-16-7-9-20-10-8-16)17-5-4-6-18(13-17)23-11-2-3-12-23/h4-10,13,15H,2-3,11-12,14H2,1H3,(H2,21,22,24). The van der Waals surface area contributed by atoms with Gasteiger partial charge in [-0.05, 0) is 55.2 Å². The summed E-state index contributed by atoms with van der Waals surface area (Å²) in [5, 5.41) is 5.88. The summed E-state index contributed by atoms with van der Waals surface area (Å²) in [7, 11) is 0. The van der Waals surface area contributed by atoms with Crippen LogP contribution in [0.25, 0.3) is 0 Å². The summed E-state index contributed by atoms with van der Waals surface area (Å²) in [6, 6.07) is 12.0. The molecule has 2 aromatic rings. The van der Waals surface area contributed by atoms with E-state index in [2.05, 4.69) is 44.8 Å². The number of amides is 2. The normalized spacial score (nSPS) is 15.1. The minimum absolute atomic E-state index is 0.0370. The van der Waals surface area contributed by atoms with E-state index in [1.165, 1.54) is 18.5 Å². The Balaban J connectivity index is 1.55. The molecule has 0 radical (unpaired) electrons. The summed E-state index contributed by atoms with van der Waals surface area (Å²) in [6.45, 7) is 4.75. The molecular weight excluding hydrogens is 300 g/mol. The van der Waals surface area contributed by atoms with Gasteiger partial charge in [0.15, 0.2) is 0 Å². The van der Waals surface area contributed by atoms with Gasteiger partial charge in [-0.3, -0.25) is 4.98 Å². The maximum atomic E-state index is 12.1. The van der Waals surface area contributed by atoms with E-state index in [0.29, 0.717) is 6.54 Å². The molecular formula is C19H24N4O. The molecule has 1 fully saturated rings. The van der Waals surface area contributed by atoms with Gasteiger partial charge in [-0.15, -0.1) is 0 Å². The van der Waals surface area contributed by atoms with E-state index in [9.17, 15) is 4.79 Å². The van der Waals surface area contributed by atoms with Gasteiger partial charge in [0.05, 0.1) is 6.04 Å². The zero-order valence-electron chi connectivity index (χ0n) is 14.0. The van der Waals surface area contributed by atoms with E-state index in [1.807, 2.05) is 19.1 Å². The topological polar surface area (TPSA) is 57.3 Å². The number of hydrogen-bond acceptors (Lipinski definition) is 3. The van der Waals surface area contributed by atoms with Crippen molar-refractivity contribution >= 4 is 11.7 Å². The van der Waals surface area contributed by atoms with Crippen LogP contribution in [0.5, 0.6) is 0 Å². The molecule has 5 nitrogen and oxygen atoms in total. The number of rotatable bonds is 5. The van der Waals surface area contributed by atoms with Gasteiger partial charge in [0.1, 0.15) is 0 Å². The Morgan fingerprint density at radius 3 is 2.71 bits per heavy atom. The van der Waals surface area contributed by atoms with Crippen LogP contribution in [0.4, 0.5) is 10.5 Å². The molecule has 24 heavy (non-hydrogen) atoms. The van der Waals surface area contributed by atoms with Crippen LogP contribution >= 0.6 is 0 Å². The number of anilines is 1. The highest BCUT2D eigenvalue weighted by molar-refractivity contribution is 5.74. The van der Waals surface area contributed by atoms with Crippen LogP contribution in [0.1, 0.15) is 36.9 Å². The third-order valence-corrected chi connectivity index (χ3v) is 4.39. The first-order valence-corrected chi connectivity index (χ1v) is 8.50. The van der Waals surface area contributed by atoms with Crippen molar-refractivity contribution in [1.82, 2.24) is 15.6 Å². The fourth-order valence-electron chi connectivity index (χ4n) is 2.98. The van der Waals surface area contributed by atoms with E-state index in [0.717, 1.165) is 24.2 Å². The van der Waals surface area contributed by atoms with Crippen molar-refractivity contribution in [3.05, 3.63) is 59.9 Å². The van der Waals surface area contributed by atoms with Gasteiger partial charge in [-0.25, -0.2) is 4.79 Å². The SMILES string of the molecule is CC(NC(=O)NCc1ccncc1)c1cccc(N2CCCC2)c1. The van der Waals surface area contributed by atoms with Crippen molar-refractivity contribution in [1.29, 1.82) is 0 Å². The lowest BCUT2D eigenvalue weighted by molar-refractivity contribution is 0.237. The zero-order chi connectivity index (χ0) is 16.8.